The molecule has 4 aromatic rings. The summed E-state index contributed by atoms with van der Waals surface area (Å²) in [7, 11) is 0. The lowest BCUT2D eigenvalue weighted by molar-refractivity contribution is 0.660. The first-order chi connectivity index (χ1) is 12.1. The van der Waals surface area contributed by atoms with Crippen LogP contribution in [-0.2, 0) is 5.41 Å². The SMILES string of the molecule is CC1(C)c2ccccc2-c2cc(-c3ccc(Br)c4nsnc34)ccc21. The Morgan fingerprint density at radius 3 is 2.44 bits per heavy atom. The molecule has 0 amide bonds. The lowest BCUT2D eigenvalue weighted by atomic mass is 9.82. The number of hydrogen-bond donors (Lipinski definition) is 0. The number of nitrogens with zero attached hydrogens (tertiary/aromatic N) is 2. The van der Waals surface area contributed by atoms with Gasteiger partial charge in [0.05, 0.1) is 11.7 Å². The summed E-state index contributed by atoms with van der Waals surface area (Å²) in [5.41, 5.74) is 9.73. The predicted octanol–water partition coefficient (Wildman–Crippen LogP) is 6.43. The molecule has 0 radical (unpaired) electrons. The molecule has 1 aliphatic carbocycles. The minimum atomic E-state index is 0.0433. The number of rotatable bonds is 1. The van der Waals surface area contributed by atoms with Crippen LogP contribution in [0.5, 0.6) is 0 Å². The average molecular weight is 407 g/mol. The van der Waals surface area contributed by atoms with Crippen molar-refractivity contribution in [1.82, 2.24) is 8.75 Å². The first-order valence-electron chi connectivity index (χ1n) is 8.23. The largest absolute Gasteiger partial charge is 0.172 e. The smallest absolute Gasteiger partial charge is 0.119 e. The number of benzene rings is 3. The highest BCUT2D eigenvalue weighted by atomic mass is 79.9. The van der Waals surface area contributed by atoms with E-state index in [1.807, 2.05) is 0 Å². The van der Waals surface area contributed by atoms with Gasteiger partial charge in [-0.3, -0.25) is 0 Å². The first kappa shape index (κ1) is 15.2. The zero-order valence-corrected chi connectivity index (χ0v) is 16.3. The summed E-state index contributed by atoms with van der Waals surface area (Å²) in [6.45, 7) is 4.61. The van der Waals surface area contributed by atoms with Crippen LogP contribution in [0, 0.1) is 0 Å². The van der Waals surface area contributed by atoms with Gasteiger partial charge in [0, 0.05) is 15.5 Å². The van der Waals surface area contributed by atoms with E-state index in [1.165, 1.54) is 39.5 Å². The van der Waals surface area contributed by atoms with Crippen LogP contribution in [-0.4, -0.2) is 8.75 Å². The van der Waals surface area contributed by atoms with Gasteiger partial charge in [0.1, 0.15) is 11.0 Å². The van der Waals surface area contributed by atoms with Gasteiger partial charge in [0.2, 0.25) is 0 Å². The Morgan fingerprint density at radius 2 is 1.56 bits per heavy atom. The third-order valence-electron chi connectivity index (χ3n) is 5.26. The second-order valence-electron chi connectivity index (χ2n) is 6.99. The summed E-state index contributed by atoms with van der Waals surface area (Å²) in [6.07, 6.45) is 0. The summed E-state index contributed by atoms with van der Waals surface area (Å²) in [6, 6.07) is 19.7. The molecular weight excluding hydrogens is 392 g/mol. The molecule has 0 spiro atoms. The van der Waals surface area contributed by atoms with Gasteiger partial charge in [0.15, 0.2) is 0 Å². The van der Waals surface area contributed by atoms with Crippen molar-refractivity contribution in [2.75, 3.05) is 0 Å². The zero-order valence-electron chi connectivity index (χ0n) is 13.9. The van der Waals surface area contributed by atoms with Gasteiger partial charge < -0.3 is 0 Å². The van der Waals surface area contributed by atoms with E-state index < -0.39 is 0 Å². The van der Waals surface area contributed by atoms with E-state index in [-0.39, 0.29) is 5.41 Å². The third-order valence-corrected chi connectivity index (χ3v) is 6.43. The Balaban J connectivity index is 1.78. The van der Waals surface area contributed by atoms with Gasteiger partial charge in [-0.1, -0.05) is 56.3 Å². The topological polar surface area (TPSA) is 25.8 Å². The molecule has 0 saturated carbocycles. The van der Waals surface area contributed by atoms with Crippen LogP contribution in [0.25, 0.3) is 33.3 Å². The Kier molecular flexibility index (Phi) is 3.19. The van der Waals surface area contributed by atoms with Crippen molar-refractivity contribution in [1.29, 1.82) is 0 Å². The molecule has 4 heteroatoms. The molecule has 25 heavy (non-hydrogen) atoms. The number of aromatic nitrogens is 2. The van der Waals surface area contributed by atoms with Crippen molar-refractivity contribution >= 4 is 38.7 Å². The highest BCUT2D eigenvalue weighted by molar-refractivity contribution is 9.10. The Morgan fingerprint density at radius 1 is 0.800 bits per heavy atom. The van der Waals surface area contributed by atoms with Gasteiger partial charge in [-0.15, -0.1) is 0 Å². The van der Waals surface area contributed by atoms with Gasteiger partial charge >= 0.3 is 0 Å². The van der Waals surface area contributed by atoms with Crippen LogP contribution in [0.15, 0.2) is 59.1 Å². The fourth-order valence-electron chi connectivity index (χ4n) is 3.96. The molecule has 0 saturated heterocycles. The molecule has 0 atom stereocenters. The molecule has 5 rings (SSSR count). The molecule has 1 aromatic heterocycles. The zero-order chi connectivity index (χ0) is 17.2. The van der Waals surface area contributed by atoms with Crippen molar-refractivity contribution in [2.45, 2.75) is 19.3 Å². The molecule has 122 valence electrons. The Bertz CT molecular complexity index is 1140. The molecule has 1 aliphatic rings. The quantitative estimate of drug-likeness (QED) is 0.364. The maximum atomic E-state index is 4.52. The van der Waals surface area contributed by atoms with Crippen molar-refractivity contribution < 1.29 is 0 Å². The van der Waals surface area contributed by atoms with Crippen LogP contribution >= 0.6 is 27.7 Å². The molecule has 1 heterocycles. The number of fused-ring (bicyclic) bond motifs is 4. The van der Waals surface area contributed by atoms with Gasteiger partial charge in [-0.2, -0.15) is 8.75 Å². The van der Waals surface area contributed by atoms with Crippen LogP contribution in [0.3, 0.4) is 0 Å². The summed E-state index contributed by atoms with van der Waals surface area (Å²) >= 11 is 4.83. The molecule has 0 N–H and O–H groups in total. The molecule has 3 aromatic carbocycles. The van der Waals surface area contributed by atoms with Gasteiger partial charge in [0.25, 0.3) is 0 Å². The van der Waals surface area contributed by atoms with E-state index in [2.05, 4.69) is 93.1 Å². The lowest BCUT2D eigenvalue weighted by Crippen LogP contribution is -2.14. The summed E-state index contributed by atoms with van der Waals surface area (Å²) in [5, 5.41) is 0. The number of hydrogen-bond acceptors (Lipinski definition) is 3. The van der Waals surface area contributed by atoms with E-state index in [0.29, 0.717) is 0 Å². The van der Waals surface area contributed by atoms with Crippen LogP contribution < -0.4 is 0 Å². The minimum Gasteiger partial charge on any atom is -0.172 e. The van der Waals surface area contributed by atoms with E-state index in [9.17, 15) is 0 Å². The molecular formula is C21H15BrN2S. The summed E-state index contributed by atoms with van der Waals surface area (Å²) in [4.78, 5) is 0. The molecule has 0 bridgehead atoms. The van der Waals surface area contributed by atoms with Crippen molar-refractivity contribution in [3.05, 3.63) is 70.2 Å². The molecule has 0 fully saturated rings. The molecule has 0 unspecified atom stereocenters. The average Bonchev–Trinajstić information content (AvgIpc) is 3.19. The Labute approximate surface area is 159 Å². The Hall–Kier alpha value is -2.04. The highest BCUT2D eigenvalue weighted by Crippen LogP contribution is 2.49. The third kappa shape index (κ3) is 2.07. The van der Waals surface area contributed by atoms with Gasteiger partial charge in [-0.05, 0) is 55.9 Å². The maximum absolute atomic E-state index is 4.52. The molecule has 0 aliphatic heterocycles. The lowest BCUT2D eigenvalue weighted by Gasteiger charge is -2.21. The van der Waals surface area contributed by atoms with Crippen molar-refractivity contribution in [3.8, 4) is 22.3 Å². The normalized spacial score (nSPS) is 14.5. The van der Waals surface area contributed by atoms with Crippen LogP contribution in [0.2, 0.25) is 0 Å². The van der Waals surface area contributed by atoms with Gasteiger partial charge in [-0.25, -0.2) is 0 Å². The second-order valence-corrected chi connectivity index (χ2v) is 8.37. The van der Waals surface area contributed by atoms with E-state index in [0.717, 1.165) is 21.1 Å². The van der Waals surface area contributed by atoms with Crippen LogP contribution in [0.1, 0.15) is 25.0 Å². The van der Waals surface area contributed by atoms with Crippen LogP contribution in [0.4, 0.5) is 0 Å². The standard InChI is InChI=1S/C21H15BrN2S/c1-21(2)16-6-4-3-5-14(16)15-11-12(7-9-17(15)21)13-8-10-18(22)20-19(13)23-25-24-20/h3-11H,1-2H3. The first-order valence-corrected chi connectivity index (χ1v) is 9.75. The monoisotopic (exact) mass is 406 g/mol. The van der Waals surface area contributed by atoms with Crippen molar-refractivity contribution in [2.24, 2.45) is 0 Å². The maximum Gasteiger partial charge on any atom is 0.119 e. The van der Waals surface area contributed by atoms with E-state index >= 15 is 0 Å². The summed E-state index contributed by atoms with van der Waals surface area (Å²) in [5.74, 6) is 0. The fraction of sp³-hybridized carbons (Fsp3) is 0.143. The highest BCUT2D eigenvalue weighted by Gasteiger charge is 2.35. The van der Waals surface area contributed by atoms with Crippen molar-refractivity contribution in [3.63, 3.8) is 0 Å². The minimum absolute atomic E-state index is 0.0433. The number of halogens is 1. The second kappa shape index (κ2) is 5.23. The summed E-state index contributed by atoms with van der Waals surface area (Å²) < 4.78 is 9.94. The fourth-order valence-corrected chi connectivity index (χ4v) is 5.06. The molecule has 2 nitrogen and oxygen atoms in total. The predicted molar refractivity (Wildman–Crippen MR) is 108 cm³/mol. The van der Waals surface area contributed by atoms with E-state index in [4.69, 9.17) is 0 Å². The van der Waals surface area contributed by atoms with E-state index in [1.54, 1.807) is 0 Å².